The van der Waals surface area contributed by atoms with Crippen molar-refractivity contribution >= 4 is 17.7 Å². The van der Waals surface area contributed by atoms with Crippen LogP contribution >= 0.6 is 11.8 Å². The Morgan fingerprint density at radius 3 is 2.69 bits per heavy atom. The van der Waals surface area contributed by atoms with E-state index in [1.165, 1.54) is 0 Å². The summed E-state index contributed by atoms with van der Waals surface area (Å²) in [5, 5.41) is 9.50. The first-order chi connectivity index (χ1) is 7.50. The molecule has 0 heterocycles. The van der Waals surface area contributed by atoms with E-state index >= 15 is 0 Å². The van der Waals surface area contributed by atoms with Crippen molar-refractivity contribution in [3.63, 3.8) is 0 Å². The molecule has 3 nitrogen and oxygen atoms in total. The van der Waals surface area contributed by atoms with Crippen LogP contribution in [0, 0.1) is 11.8 Å². The first-order valence-corrected chi connectivity index (χ1v) is 7.04. The van der Waals surface area contributed by atoms with Crippen LogP contribution in [0.3, 0.4) is 0 Å². The molecular formula is C12H23NO2S. The number of carboxylic acid groups (broad SMARTS) is 1. The maximum Gasteiger partial charge on any atom is 0.307 e. The third kappa shape index (κ3) is 4.34. The molecule has 3 atom stereocenters. The van der Waals surface area contributed by atoms with Gasteiger partial charge in [-0.25, -0.2) is 0 Å². The molecule has 0 aliphatic heterocycles. The summed E-state index contributed by atoms with van der Waals surface area (Å²) in [5.41, 5.74) is 0. The molecular weight excluding hydrogens is 222 g/mol. The second-order valence-corrected chi connectivity index (χ2v) is 6.42. The van der Waals surface area contributed by atoms with Gasteiger partial charge in [0, 0.05) is 17.5 Å². The quantitative estimate of drug-likeness (QED) is 0.806. The number of aliphatic carboxylic acids is 1. The molecule has 0 spiro atoms. The monoisotopic (exact) mass is 245 g/mol. The number of carboxylic acids is 1. The van der Waals surface area contributed by atoms with E-state index in [1.807, 2.05) is 11.8 Å². The van der Waals surface area contributed by atoms with Crippen LogP contribution in [-0.4, -0.2) is 47.6 Å². The summed E-state index contributed by atoms with van der Waals surface area (Å²) in [5.74, 6) is 0.999. The molecule has 1 rings (SSSR count). The molecule has 16 heavy (non-hydrogen) atoms. The fraction of sp³-hybridized carbons (Fsp3) is 0.917. The Bertz CT molecular complexity index is 233. The van der Waals surface area contributed by atoms with E-state index in [2.05, 4.69) is 25.9 Å². The van der Waals surface area contributed by atoms with Crippen molar-refractivity contribution in [2.24, 2.45) is 11.8 Å². The van der Waals surface area contributed by atoms with Gasteiger partial charge in [0.05, 0.1) is 5.92 Å². The highest BCUT2D eigenvalue weighted by atomic mass is 32.2. The lowest BCUT2D eigenvalue weighted by atomic mass is 9.82. The number of carbonyl (C=O) groups is 1. The molecule has 94 valence electrons. The molecule has 1 aliphatic carbocycles. The molecule has 3 unspecified atom stereocenters. The molecule has 0 aromatic rings. The van der Waals surface area contributed by atoms with Gasteiger partial charge in [0.1, 0.15) is 0 Å². The van der Waals surface area contributed by atoms with Gasteiger partial charge in [0.2, 0.25) is 0 Å². The smallest absolute Gasteiger partial charge is 0.307 e. The zero-order chi connectivity index (χ0) is 12.1. The average Bonchev–Trinajstić information content (AvgIpc) is 2.16. The summed E-state index contributed by atoms with van der Waals surface area (Å²) in [7, 11) is 4.11. The second kappa shape index (κ2) is 6.50. The highest BCUT2D eigenvalue weighted by Gasteiger charge is 2.33. The predicted octanol–water partition coefficient (Wildman–Crippen LogP) is 2.17. The van der Waals surface area contributed by atoms with E-state index in [4.69, 9.17) is 0 Å². The summed E-state index contributed by atoms with van der Waals surface area (Å²) in [4.78, 5) is 13.3. The van der Waals surface area contributed by atoms with Gasteiger partial charge in [-0.15, -0.1) is 0 Å². The van der Waals surface area contributed by atoms with E-state index in [-0.39, 0.29) is 5.92 Å². The molecule has 1 N–H and O–H groups in total. The minimum Gasteiger partial charge on any atom is -0.481 e. The van der Waals surface area contributed by atoms with Crippen LogP contribution in [0.5, 0.6) is 0 Å². The Morgan fingerprint density at radius 2 is 2.12 bits per heavy atom. The minimum absolute atomic E-state index is 0.122. The lowest BCUT2D eigenvalue weighted by molar-refractivity contribution is -0.142. The summed E-state index contributed by atoms with van der Waals surface area (Å²) >= 11 is 1.84. The van der Waals surface area contributed by atoms with Gasteiger partial charge >= 0.3 is 5.97 Å². The number of nitrogens with zero attached hydrogens (tertiary/aromatic N) is 1. The van der Waals surface area contributed by atoms with Crippen molar-refractivity contribution in [1.82, 2.24) is 4.90 Å². The Hall–Kier alpha value is -0.220. The lowest BCUT2D eigenvalue weighted by Gasteiger charge is -2.32. The van der Waals surface area contributed by atoms with Crippen LogP contribution in [0.15, 0.2) is 0 Å². The fourth-order valence-corrected chi connectivity index (χ4v) is 3.90. The van der Waals surface area contributed by atoms with Gasteiger partial charge in [0.25, 0.3) is 0 Å². The van der Waals surface area contributed by atoms with Gasteiger partial charge in [-0.1, -0.05) is 6.92 Å². The van der Waals surface area contributed by atoms with E-state index in [1.54, 1.807) is 0 Å². The van der Waals surface area contributed by atoms with Crippen molar-refractivity contribution in [3.8, 4) is 0 Å². The van der Waals surface area contributed by atoms with Gasteiger partial charge in [-0.2, -0.15) is 11.8 Å². The highest BCUT2D eigenvalue weighted by Crippen LogP contribution is 2.36. The molecule has 0 aromatic heterocycles. The number of hydrogen-bond acceptors (Lipinski definition) is 3. The van der Waals surface area contributed by atoms with Crippen LogP contribution in [0.1, 0.15) is 26.2 Å². The Kier molecular flexibility index (Phi) is 5.62. The normalized spacial score (nSPS) is 30.6. The molecule has 1 saturated carbocycles. The zero-order valence-electron chi connectivity index (χ0n) is 10.5. The van der Waals surface area contributed by atoms with Crippen molar-refractivity contribution in [3.05, 3.63) is 0 Å². The molecule has 1 aliphatic rings. The molecule has 0 aromatic carbocycles. The molecule has 4 heteroatoms. The minimum atomic E-state index is -0.603. The van der Waals surface area contributed by atoms with E-state index < -0.39 is 5.97 Å². The van der Waals surface area contributed by atoms with Crippen LogP contribution in [0.2, 0.25) is 0 Å². The highest BCUT2D eigenvalue weighted by molar-refractivity contribution is 7.99. The Balaban J connectivity index is 2.41. The lowest BCUT2D eigenvalue weighted by Crippen LogP contribution is -2.33. The van der Waals surface area contributed by atoms with Crippen molar-refractivity contribution in [1.29, 1.82) is 0 Å². The molecule has 0 bridgehead atoms. The van der Waals surface area contributed by atoms with E-state index in [0.29, 0.717) is 11.2 Å². The summed E-state index contributed by atoms with van der Waals surface area (Å²) in [6.45, 7) is 3.26. The summed E-state index contributed by atoms with van der Waals surface area (Å²) < 4.78 is 0. The molecule has 0 amide bonds. The van der Waals surface area contributed by atoms with Crippen LogP contribution < -0.4 is 0 Å². The SMILES string of the molecule is CC1CCC(C(=O)O)C(SCCN(C)C)C1. The Labute approximate surface area is 103 Å². The first-order valence-electron chi connectivity index (χ1n) is 6.00. The standard InChI is InChI=1S/C12H23NO2S/c1-9-4-5-10(12(14)15)11(8-9)16-7-6-13(2)3/h9-11H,4-8H2,1-3H3,(H,14,15). The van der Waals surface area contributed by atoms with Crippen molar-refractivity contribution in [2.75, 3.05) is 26.4 Å². The Morgan fingerprint density at radius 1 is 1.44 bits per heavy atom. The molecule has 0 radical (unpaired) electrons. The zero-order valence-corrected chi connectivity index (χ0v) is 11.3. The third-order valence-electron chi connectivity index (χ3n) is 3.24. The van der Waals surface area contributed by atoms with Gasteiger partial charge in [-0.05, 0) is 39.3 Å². The van der Waals surface area contributed by atoms with Crippen molar-refractivity contribution in [2.45, 2.75) is 31.4 Å². The largest absolute Gasteiger partial charge is 0.481 e. The number of rotatable bonds is 5. The molecule has 0 saturated heterocycles. The van der Waals surface area contributed by atoms with Crippen LogP contribution in [0.4, 0.5) is 0 Å². The fourth-order valence-electron chi connectivity index (χ4n) is 2.18. The average molecular weight is 245 g/mol. The topological polar surface area (TPSA) is 40.5 Å². The van der Waals surface area contributed by atoms with Crippen LogP contribution in [0.25, 0.3) is 0 Å². The van der Waals surface area contributed by atoms with E-state index in [0.717, 1.165) is 31.6 Å². The van der Waals surface area contributed by atoms with Gasteiger partial charge in [0.15, 0.2) is 0 Å². The number of hydrogen-bond donors (Lipinski definition) is 1. The summed E-state index contributed by atoms with van der Waals surface area (Å²) in [6.07, 6.45) is 2.99. The summed E-state index contributed by atoms with van der Waals surface area (Å²) in [6, 6.07) is 0. The predicted molar refractivity (Wildman–Crippen MR) is 68.9 cm³/mol. The first kappa shape index (κ1) is 13.8. The maximum absolute atomic E-state index is 11.1. The maximum atomic E-state index is 11.1. The van der Waals surface area contributed by atoms with Gasteiger partial charge < -0.3 is 10.0 Å². The van der Waals surface area contributed by atoms with E-state index in [9.17, 15) is 9.90 Å². The van der Waals surface area contributed by atoms with Crippen LogP contribution in [-0.2, 0) is 4.79 Å². The number of thioether (sulfide) groups is 1. The second-order valence-electron chi connectivity index (χ2n) is 5.08. The van der Waals surface area contributed by atoms with Crippen molar-refractivity contribution < 1.29 is 9.90 Å². The third-order valence-corrected chi connectivity index (χ3v) is 4.61. The molecule has 1 fully saturated rings. The van der Waals surface area contributed by atoms with Gasteiger partial charge in [-0.3, -0.25) is 4.79 Å².